The highest BCUT2D eigenvalue weighted by Gasteiger charge is 2.28. The Hall–Kier alpha value is 0.0300. The van der Waals surface area contributed by atoms with E-state index in [9.17, 15) is 9.67 Å². The number of unbranched alkanes of at least 4 members (excludes halogenated alkanes) is 8. The molecule has 0 aliphatic carbocycles. The van der Waals surface area contributed by atoms with Crippen molar-refractivity contribution >= 4 is 7.60 Å². The topological polar surface area (TPSA) is 88.0 Å². The zero-order valence-electron chi connectivity index (χ0n) is 19.4. The third kappa shape index (κ3) is 19.7. The van der Waals surface area contributed by atoms with E-state index in [1.807, 2.05) is 0 Å². The number of aliphatic hydroxyl groups excluding tert-OH is 1. The molecule has 176 valence electrons. The van der Waals surface area contributed by atoms with Gasteiger partial charge in [0.1, 0.15) is 6.23 Å². The van der Waals surface area contributed by atoms with Gasteiger partial charge in [0.25, 0.3) is 0 Å². The molecule has 0 fully saturated rings. The molecular formula is C22H48NO5P. The summed E-state index contributed by atoms with van der Waals surface area (Å²) < 4.78 is 23.9. The number of hydrogen-bond donors (Lipinski definition) is 3. The summed E-state index contributed by atoms with van der Waals surface area (Å²) in [5.74, 6) is 1.51. The molecule has 0 saturated carbocycles. The molecule has 7 heteroatoms. The standard InChI is InChI=1S/C22H48NO5P/c1-20(2)15-11-7-5-9-13-17-27-29(26,19-22(24)23-25)28-18-14-10-6-8-12-16-21(3)4/h20-25H,5-19H2,1-4H3. The predicted molar refractivity (Wildman–Crippen MR) is 120 cm³/mol. The zero-order chi connectivity index (χ0) is 22.0. The van der Waals surface area contributed by atoms with Crippen molar-refractivity contribution in [1.82, 2.24) is 5.48 Å². The lowest BCUT2D eigenvalue weighted by Gasteiger charge is -2.20. The summed E-state index contributed by atoms with van der Waals surface area (Å²) in [7, 11) is -3.41. The van der Waals surface area contributed by atoms with Crippen LogP contribution in [0.1, 0.15) is 105 Å². The molecule has 3 N–H and O–H groups in total. The fraction of sp³-hybridized carbons (Fsp3) is 1.00. The maximum absolute atomic E-state index is 12.8. The van der Waals surface area contributed by atoms with E-state index in [1.165, 1.54) is 38.5 Å². The van der Waals surface area contributed by atoms with Crippen LogP contribution in [0.5, 0.6) is 0 Å². The van der Waals surface area contributed by atoms with Crippen LogP contribution in [0, 0.1) is 11.8 Å². The van der Waals surface area contributed by atoms with Gasteiger partial charge in [-0.05, 0) is 24.7 Å². The van der Waals surface area contributed by atoms with E-state index in [0.29, 0.717) is 13.2 Å². The van der Waals surface area contributed by atoms with Gasteiger partial charge in [0.15, 0.2) is 0 Å². The molecule has 0 rings (SSSR count). The number of nitrogens with one attached hydrogen (secondary N) is 1. The third-order valence-electron chi connectivity index (χ3n) is 4.97. The molecule has 0 aromatic heterocycles. The highest BCUT2D eigenvalue weighted by atomic mass is 31.2. The van der Waals surface area contributed by atoms with Crippen LogP contribution in [-0.4, -0.2) is 35.9 Å². The van der Waals surface area contributed by atoms with Crippen LogP contribution < -0.4 is 5.48 Å². The smallest absolute Gasteiger partial charge is 0.334 e. The van der Waals surface area contributed by atoms with Crippen molar-refractivity contribution in [2.24, 2.45) is 11.8 Å². The van der Waals surface area contributed by atoms with Crippen LogP contribution in [0.3, 0.4) is 0 Å². The Balaban J connectivity index is 3.98. The van der Waals surface area contributed by atoms with Gasteiger partial charge in [-0.15, -0.1) is 0 Å². The SMILES string of the molecule is CC(C)CCCCCCCOP(=O)(CC(O)NO)OCCCCCCCC(C)C. The first-order chi connectivity index (χ1) is 13.8. The Bertz CT molecular complexity index is 379. The van der Waals surface area contributed by atoms with Gasteiger partial charge in [0, 0.05) is 0 Å². The first-order valence-corrected chi connectivity index (χ1v) is 13.5. The minimum atomic E-state index is -3.41. The van der Waals surface area contributed by atoms with E-state index in [0.717, 1.165) is 50.4 Å². The van der Waals surface area contributed by atoms with Crippen LogP contribution >= 0.6 is 7.60 Å². The fourth-order valence-corrected chi connectivity index (χ4v) is 4.78. The molecule has 1 unspecified atom stereocenters. The number of aliphatic hydroxyl groups is 1. The second-order valence-corrected chi connectivity index (χ2v) is 11.1. The van der Waals surface area contributed by atoms with Crippen molar-refractivity contribution in [3.63, 3.8) is 0 Å². The Morgan fingerprint density at radius 1 is 0.724 bits per heavy atom. The van der Waals surface area contributed by atoms with Gasteiger partial charge < -0.3 is 19.4 Å². The molecule has 0 aliphatic heterocycles. The maximum atomic E-state index is 12.8. The summed E-state index contributed by atoms with van der Waals surface area (Å²) in [6.07, 6.45) is 12.0. The molecule has 0 aromatic carbocycles. The first-order valence-electron chi connectivity index (χ1n) is 11.7. The predicted octanol–water partition coefficient (Wildman–Crippen LogP) is 6.50. The fourth-order valence-electron chi connectivity index (χ4n) is 3.17. The maximum Gasteiger partial charge on any atom is 0.334 e. The van der Waals surface area contributed by atoms with Crippen LogP contribution in [0.15, 0.2) is 0 Å². The summed E-state index contributed by atoms with van der Waals surface area (Å²) in [5.41, 5.74) is 1.71. The van der Waals surface area contributed by atoms with Gasteiger partial charge in [-0.3, -0.25) is 4.57 Å². The zero-order valence-corrected chi connectivity index (χ0v) is 20.3. The molecular weight excluding hydrogens is 389 g/mol. The Labute approximate surface area is 179 Å². The van der Waals surface area contributed by atoms with Crippen molar-refractivity contribution in [3.05, 3.63) is 0 Å². The van der Waals surface area contributed by atoms with Gasteiger partial charge in [-0.1, -0.05) is 91.9 Å². The van der Waals surface area contributed by atoms with E-state index < -0.39 is 13.8 Å². The van der Waals surface area contributed by atoms with Crippen LogP contribution in [0.2, 0.25) is 0 Å². The molecule has 0 heterocycles. The molecule has 6 nitrogen and oxygen atoms in total. The summed E-state index contributed by atoms with van der Waals surface area (Å²) in [4.78, 5) is 0. The number of hydroxylamine groups is 1. The van der Waals surface area contributed by atoms with Crippen molar-refractivity contribution in [2.45, 2.75) is 111 Å². The van der Waals surface area contributed by atoms with Gasteiger partial charge in [0.05, 0.1) is 19.4 Å². The van der Waals surface area contributed by atoms with E-state index >= 15 is 0 Å². The highest BCUT2D eigenvalue weighted by molar-refractivity contribution is 7.53. The lowest BCUT2D eigenvalue weighted by atomic mass is 10.0. The lowest BCUT2D eigenvalue weighted by Crippen LogP contribution is -2.29. The normalized spacial score (nSPS) is 13.5. The third-order valence-corrected chi connectivity index (χ3v) is 6.92. The van der Waals surface area contributed by atoms with Gasteiger partial charge >= 0.3 is 7.60 Å². The second-order valence-electron chi connectivity index (χ2n) is 9.01. The molecule has 0 bridgehead atoms. The van der Waals surface area contributed by atoms with E-state index in [2.05, 4.69) is 27.7 Å². The highest BCUT2D eigenvalue weighted by Crippen LogP contribution is 2.48. The first kappa shape index (κ1) is 29.0. The van der Waals surface area contributed by atoms with E-state index in [1.54, 1.807) is 5.48 Å². The molecule has 29 heavy (non-hydrogen) atoms. The summed E-state index contributed by atoms with van der Waals surface area (Å²) in [5, 5.41) is 18.4. The summed E-state index contributed by atoms with van der Waals surface area (Å²) >= 11 is 0. The minimum absolute atomic E-state index is 0.244. The van der Waals surface area contributed by atoms with Gasteiger partial charge in [-0.2, -0.15) is 5.48 Å². The van der Waals surface area contributed by atoms with Crippen LogP contribution in [0.25, 0.3) is 0 Å². The van der Waals surface area contributed by atoms with Crippen LogP contribution in [0.4, 0.5) is 0 Å². The average molecular weight is 438 g/mol. The lowest BCUT2D eigenvalue weighted by molar-refractivity contribution is 0.0117. The number of rotatable bonds is 21. The van der Waals surface area contributed by atoms with Crippen molar-refractivity contribution in [1.29, 1.82) is 0 Å². The van der Waals surface area contributed by atoms with Crippen molar-refractivity contribution < 1.29 is 23.9 Å². The second kappa shape index (κ2) is 18.8. The van der Waals surface area contributed by atoms with E-state index in [4.69, 9.17) is 14.3 Å². The molecule has 0 saturated heterocycles. The van der Waals surface area contributed by atoms with Crippen molar-refractivity contribution in [3.8, 4) is 0 Å². The molecule has 0 amide bonds. The summed E-state index contributed by atoms with van der Waals surface area (Å²) in [6, 6.07) is 0. The molecule has 1 atom stereocenters. The molecule has 0 aliphatic rings. The van der Waals surface area contributed by atoms with E-state index in [-0.39, 0.29) is 6.16 Å². The Morgan fingerprint density at radius 3 is 1.48 bits per heavy atom. The van der Waals surface area contributed by atoms with Crippen molar-refractivity contribution in [2.75, 3.05) is 19.4 Å². The van der Waals surface area contributed by atoms with Crippen LogP contribution in [-0.2, 0) is 13.6 Å². The molecule has 0 aromatic rings. The Kier molecular flexibility index (Phi) is 18.8. The molecule has 0 spiro atoms. The van der Waals surface area contributed by atoms with Gasteiger partial charge in [0.2, 0.25) is 0 Å². The molecule has 0 radical (unpaired) electrons. The minimum Gasteiger partial charge on any atom is -0.376 e. The number of hydrogen-bond acceptors (Lipinski definition) is 6. The largest absolute Gasteiger partial charge is 0.376 e. The summed E-state index contributed by atoms with van der Waals surface area (Å²) in [6.45, 7) is 9.69. The average Bonchev–Trinajstić information content (AvgIpc) is 2.65. The monoisotopic (exact) mass is 437 g/mol. The Morgan fingerprint density at radius 2 is 1.10 bits per heavy atom. The van der Waals surface area contributed by atoms with Gasteiger partial charge in [-0.25, -0.2) is 0 Å². The quantitative estimate of drug-likeness (QED) is 0.0822.